The molecule has 2 heterocycles. The second kappa shape index (κ2) is 7.10. The molecule has 0 spiro atoms. The Hall–Kier alpha value is -2.98. The Bertz CT molecular complexity index is 1040. The Balaban J connectivity index is 2.07. The van der Waals surface area contributed by atoms with Crippen molar-refractivity contribution in [1.29, 1.82) is 5.26 Å². The van der Waals surface area contributed by atoms with E-state index in [0.717, 1.165) is 27.2 Å². The van der Waals surface area contributed by atoms with Crippen LogP contribution in [0.2, 0.25) is 0 Å². The minimum absolute atomic E-state index is 0.363. The van der Waals surface area contributed by atoms with Crippen molar-refractivity contribution in [1.82, 2.24) is 9.97 Å². The van der Waals surface area contributed by atoms with E-state index in [1.165, 1.54) is 18.4 Å². The maximum atomic E-state index is 12.0. The molecule has 7 heteroatoms. The Morgan fingerprint density at radius 2 is 2.12 bits per heavy atom. The fraction of sp³-hybridized carbons (Fsp3) is 0.263. The van der Waals surface area contributed by atoms with Gasteiger partial charge in [0.15, 0.2) is 0 Å². The van der Waals surface area contributed by atoms with Gasteiger partial charge in [-0.05, 0) is 37.1 Å². The second-order valence-electron chi connectivity index (χ2n) is 5.99. The molecule has 132 valence electrons. The molecular weight excluding hydrogens is 348 g/mol. The lowest BCUT2D eigenvalue weighted by atomic mass is 10.1. The summed E-state index contributed by atoms with van der Waals surface area (Å²) in [6.45, 7) is 4.31. The first-order chi connectivity index (χ1) is 12.4. The molecule has 0 amide bonds. The zero-order valence-corrected chi connectivity index (χ0v) is 15.8. The van der Waals surface area contributed by atoms with Crippen molar-refractivity contribution in [3.05, 3.63) is 51.7 Å². The quantitative estimate of drug-likeness (QED) is 0.657. The second-order valence-corrected chi connectivity index (χ2v) is 6.99. The van der Waals surface area contributed by atoms with Crippen LogP contribution in [-0.4, -0.2) is 30.1 Å². The number of carbonyl (C=O) groups is 1. The van der Waals surface area contributed by atoms with Crippen molar-refractivity contribution in [3.8, 4) is 6.07 Å². The summed E-state index contributed by atoms with van der Waals surface area (Å²) in [5.74, 6) is 1.04. The molecule has 6 nitrogen and oxygen atoms in total. The number of carbonyl (C=O) groups excluding carboxylic acids is 1. The molecular formula is C19H18N4O2S. The lowest BCUT2D eigenvalue weighted by Gasteiger charge is -2.20. The minimum Gasteiger partial charge on any atom is -0.465 e. The highest BCUT2D eigenvalue weighted by Crippen LogP contribution is 2.35. The first kappa shape index (κ1) is 17.8. The van der Waals surface area contributed by atoms with Crippen molar-refractivity contribution in [2.24, 2.45) is 0 Å². The standard InChI is InChI=1S/C19H18N4O2S/c1-11-15-17(23(3)10-14-7-5-6-13(8-14)9-20)21-12(2)22-18(15)26-16(11)19(24)25-4/h5-8H,10H2,1-4H3. The number of aromatic nitrogens is 2. The van der Waals surface area contributed by atoms with Crippen molar-refractivity contribution in [2.45, 2.75) is 20.4 Å². The number of thiophene rings is 1. The van der Waals surface area contributed by atoms with Crippen molar-refractivity contribution in [3.63, 3.8) is 0 Å². The monoisotopic (exact) mass is 366 g/mol. The number of benzene rings is 1. The van der Waals surface area contributed by atoms with Gasteiger partial charge in [0.1, 0.15) is 21.3 Å². The molecule has 0 atom stereocenters. The summed E-state index contributed by atoms with van der Waals surface area (Å²) < 4.78 is 4.88. The number of fused-ring (bicyclic) bond motifs is 1. The first-order valence-corrected chi connectivity index (χ1v) is 8.82. The van der Waals surface area contributed by atoms with Crippen LogP contribution in [0.15, 0.2) is 24.3 Å². The van der Waals surface area contributed by atoms with E-state index in [1.807, 2.05) is 44.0 Å². The number of esters is 1. The largest absolute Gasteiger partial charge is 0.465 e. The molecule has 0 aliphatic carbocycles. The minimum atomic E-state index is -0.363. The molecule has 0 N–H and O–H groups in total. The van der Waals surface area contributed by atoms with E-state index >= 15 is 0 Å². The molecule has 0 saturated carbocycles. The number of rotatable bonds is 4. The van der Waals surface area contributed by atoms with Crippen LogP contribution in [0.25, 0.3) is 10.2 Å². The summed E-state index contributed by atoms with van der Waals surface area (Å²) in [5, 5.41) is 9.94. The van der Waals surface area contributed by atoms with Crippen LogP contribution in [0.1, 0.15) is 32.2 Å². The van der Waals surface area contributed by atoms with Crippen LogP contribution < -0.4 is 4.90 Å². The molecule has 3 rings (SSSR count). The third-order valence-electron chi connectivity index (χ3n) is 4.09. The molecule has 0 unspecified atom stereocenters. The van der Waals surface area contributed by atoms with E-state index in [9.17, 15) is 4.79 Å². The van der Waals surface area contributed by atoms with Crippen molar-refractivity contribution >= 4 is 33.3 Å². The summed E-state index contributed by atoms with van der Waals surface area (Å²) in [6.07, 6.45) is 0. The normalized spacial score (nSPS) is 10.6. The van der Waals surface area contributed by atoms with E-state index in [1.54, 1.807) is 6.07 Å². The SMILES string of the molecule is COC(=O)c1sc2nc(C)nc(N(C)Cc3cccc(C#N)c3)c2c1C. The zero-order valence-electron chi connectivity index (χ0n) is 15.0. The summed E-state index contributed by atoms with van der Waals surface area (Å²) in [6, 6.07) is 9.64. The molecule has 0 saturated heterocycles. The van der Waals surface area contributed by atoms with Crippen LogP contribution in [0, 0.1) is 25.2 Å². The van der Waals surface area contributed by atoms with E-state index in [2.05, 4.69) is 16.0 Å². The van der Waals surface area contributed by atoms with E-state index in [0.29, 0.717) is 22.8 Å². The molecule has 0 aliphatic heterocycles. The van der Waals surface area contributed by atoms with Gasteiger partial charge in [0, 0.05) is 13.6 Å². The number of anilines is 1. The maximum absolute atomic E-state index is 12.0. The van der Waals surface area contributed by atoms with Gasteiger partial charge in [-0.15, -0.1) is 11.3 Å². The van der Waals surface area contributed by atoms with Gasteiger partial charge in [-0.25, -0.2) is 14.8 Å². The van der Waals surface area contributed by atoms with Crippen molar-refractivity contribution in [2.75, 3.05) is 19.1 Å². The first-order valence-electron chi connectivity index (χ1n) is 8.00. The molecule has 0 bridgehead atoms. The van der Waals surface area contributed by atoms with E-state index < -0.39 is 0 Å². The number of hydrogen-bond donors (Lipinski definition) is 0. The molecule has 0 radical (unpaired) electrons. The summed E-state index contributed by atoms with van der Waals surface area (Å²) in [7, 11) is 3.31. The number of hydrogen-bond acceptors (Lipinski definition) is 7. The summed E-state index contributed by atoms with van der Waals surface area (Å²) in [4.78, 5) is 24.4. The smallest absolute Gasteiger partial charge is 0.348 e. The third-order valence-corrected chi connectivity index (χ3v) is 5.26. The lowest BCUT2D eigenvalue weighted by molar-refractivity contribution is 0.0605. The van der Waals surface area contributed by atoms with Gasteiger partial charge in [0.25, 0.3) is 0 Å². The Morgan fingerprint density at radius 1 is 1.35 bits per heavy atom. The average Bonchev–Trinajstić information content (AvgIpc) is 2.96. The molecule has 1 aromatic carbocycles. The van der Waals surface area contributed by atoms with Gasteiger partial charge in [-0.2, -0.15) is 5.26 Å². The Kier molecular flexibility index (Phi) is 4.87. The summed E-state index contributed by atoms with van der Waals surface area (Å²) in [5.41, 5.74) is 2.46. The lowest BCUT2D eigenvalue weighted by Crippen LogP contribution is -2.19. The molecule has 0 aliphatic rings. The zero-order chi connectivity index (χ0) is 18.8. The number of ether oxygens (including phenoxy) is 1. The number of methoxy groups -OCH3 is 1. The van der Waals surface area contributed by atoms with Gasteiger partial charge >= 0.3 is 5.97 Å². The summed E-state index contributed by atoms with van der Waals surface area (Å²) >= 11 is 1.32. The van der Waals surface area contributed by atoms with Crippen LogP contribution >= 0.6 is 11.3 Å². The topological polar surface area (TPSA) is 79.1 Å². The Morgan fingerprint density at radius 3 is 2.81 bits per heavy atom. The average molecular weight is 366 g/mol. The van der Waals surface area contributed by atoms with Gasteiger partial charge in [-0.3, -0.25) is 0 Å². The fourth-order valence-corrected chi connectivity index (χ4v) is 4.01. The highest BCUT2D eigenvalue weighted by atomic mass is 32.1. The molecule has 26 heavy (non-hydrogen) atoms. The van der Waals surface area contributed by atoms with Gasteiger partial charge < -0.3 is 9.64 Å². The highest BCUT2D eigenvalue weighted by Gasteiger charge is 2.22. The highest BCUT2D eigenvalue weighted by molar-refractivity contribution is 7.20. The van der Waals surface area contributed by atoms with Crippen LogP contribution in [0.5, 0.6) is 0 Å². The van der Waals surface area contributed by atoms with Crippen LogP contribution in [-0.2, 0) is 11.3 Å². The van der Waals surface area contributed by atoms with Crippen LogP contribution in [0.3, 0.4) is 0 Å². The predicted octanol–water partition coefficient (Wildman–Crippen LogP) is 3.60. The number of nitrogens with zero attached hydrogens (tertiary/aromatic N) is 4. The molecule has 3 aromatic rings. The van der Waals surface area contributed by atoms with Crippen LogP contribution in [0.4, 0.5) is 5.82 Å². The van der Waals surface area contributed by atoms with Gasteiger partial charge in [-0.1, -0.05) is 12.1 Å². The number of nitriles is 1. The van der Waals surface area contributed by atoms with Gasteiger partial charge in [0.2, 0.25) is 0 Å². The fourth-order valence-electron chi connectivity index (χ4n) is 2.87. The van der Waals surface area contributed by atoms with E-state index in [4.69, 9.17) is 10.00 Å². The van der Waals surface area contributed by atoms with Gasteiger partial charge in [0.05, 0.1) is 24.1 Å². The van der Waals surface area contributed by atoms with Crippen molar-refractivity contribution < 1.29 is 9.53 Å². The van der Waals surface area contributed by atoms with E-state index in [-0.39, 0.29) is 5.97 Å². The third kappa shape index (κ3) is 3.24. The Labute approximate surface area is 155 Å². The maximum Gasteiger partial charge on any atom is 0.348 e. The molecule has 2 aromatic heterocycles. The molecule has 0 fully saturated rings. The number of aryl methyl sites for hydroxylation is 2. The predicted molar refractivity (Wildman–Crippen MR) is 101 cm³/mol.